The van der Waals surface area contributed by atoms with E-state index in [0.717, 1.165) is 32.7 Å². The van der Waals surface area contributed by atoms with Crippen LogP contribution in [0.3, 0.4) is 0 Å². The minimum absolute atomic E-state index is 0.00720. The standard InChI is InChI=1S/C48H30O/c1-3-13-31(14-4-1)34-18-11-19-36(29-34)45-38-21-9-10-22-39(38)46(43-30-35(26-27-40(43)45)32-15-5-2-6-16-32)41-23-12-24-44-47(41)42-28-25-33-17-7-8-20-37(33)48(42)49-44/h1-30H/i9D,10D,21D,22D,26D,27D,30D. The first-order chi connectivity index (χ1) is 27.2. The predicted molar refractivity (Wildman–Crippen MR) is 208 cm³/mol. The first kappa shape index (κ1) is 21.4. The molecule has 1 nitrogen and oxygen atoms in total. The smallest absolute Gasteiger partial charge is 0.143 e. The van der Waals surface area contributed by atoms with Crippen molar-refractivity contribution in [1.29, 1.82) is 0 Å². The van der Waals surface area contributed by atoms with Gasteiger partial charge in [0, 0.05) is 16.2 Å². The van der Waals surface area contributed by atoms with Gasteiger partial charge in [0.15, 0.2) is 0 Å². The van der Waals surface area contributed by atoms with E-state index in [9.17, 15) is 6.85 Å². The fourth-order valence-electron chi connectivity index (χ4n) is 7.27. The highest BCUT2D eigenvalue weighted by Gasteiger charge is 2.21. The third kappa shape index (κ3) is 4.40. The van der Waals surface area contributed by atoms with Crippen LogP contribution in [0, 0.1) is 0 Å². The zero-order chi connectivity index (χ0) is 38.4. The third-order valence-electron chi connectivity index (χ3n) is 9.48. The van der Waals surface area contributed by atoms with Crippen LogP contribution in [0.1, 0.15) is 9.60 Å². The molecule has 9 aromatic carbocycles. The van der Waals surface area contributed by atoms with E-state index in [2.05, 4.69) is 0 Å². The monoisotopic (exact) mass is 629 g/mol. The summed E-state index contributed by atoms with van der Waals surface area (Å²) in [7, 11) is 0. The molecule has 10 aromatic rings. The number of rotatable bonds is 4. The summed E-state index contributed by atoms with van der Waals surface area (Å²) in [6, 6.07) is 42.7. The number of furan rings is 1. The van der Waals surface area contributed by atoms with E-state index in [-0.39, 0.29) is 51.9 Å². The normalized spacial score (nSPS) is 13.7. The summed E-state index contributed by atoms with van der Waals surface area (Å²) in [6.07, 6.45) is 0. The van der Waals surface area contributed by atoms with Gasteiger partial charge in [0.25, 0.3) is 0 Å². The first-order valence-corrected chi connectivity index (χ1v) is 16.3. The van der Waals surface area contributed by atoms with Crippen molar-refractivity contribution in [3.8, 4) is 44.5 Å². The predicted octanol–water partition coefficient (Wildman–Crippen LogP) is 13.7. The second-order valence-electron chi connectivity index (χ2n) is 12.3. The van der Waals surface area contributed by atoms with Crippen molar-refractivity contribution in [2.24, 2.45) is 0 Å². The van der Waals surface area contributed by atoms with Gasteiger partial charge in [-0.25, -0.2) is 0 Å². The molecule has 0 aliphatic heterocycles. The molecule has 49 heavy (non-hydrogen) atoms. The lowest BCUT2D eigenvalue weighted by Gasteiger charge is -2.19. The van der Waals surface area contributed by atoms with Crippen LogP contribution in [0.4, 0.5) is 0 Å². The highest BCUT2D eigenvalue weighted by atomic mass is 16.3. The van der Waals surface area contributed by atoms with Crippen molar-refractivity contribution >= 4 is 54.3 Å². The Labute approximate surface area is 294 Å². The van der Waals surface area contributed by atoms with Crippen LogP contribution in [-0.4, -0.2) is 0 Å². The van der Waals surface area contributed by atoms with Gasteiger partial charge in [-0.05, 0) is 95.7 Å². The summed E-state index contributed by atoms with van der Waals surface area (Å²) in [5.74, 6) is 0. The Morgan fingerprint density at radius 2 is 1.06 bits per heavy atom. The lowest BCUT2D eigenvalue weighted by molar-refractivity contribution is 0.673. The number of fused-ring (bicyclic) bond motifs is 7. The highest BCUT2D eigenvalue weighted by Crippen LogP contribution is 2.48. The summed E-state index contributed by atoms with van der Waals surface area (Å²) in [6.45, 7) is 0. The maximum absolute atomic E-state index is 10.1. The maximum Gasteiger partial charge on any atom is 0.143 e. The highest BCUT2D eigenvalue weighted by molar-refractivity contribution is 6.27. The zero-order valence-electron chi connectivity index (χ0n) is 33.2. The summed E-state index contributed by atoms with van der Waals surface area (Å²) < 4.78 is 73.0. The molecule has 0 fully saturated rings. The molecule has 0 aliphatic carbocycles. The SMILES string of the molecule is [2H]c1c([2H])c([2H])c2c(-c3cccc4oc5c6ccccc6ccc5c34)c3c([2H])c(-c4ccccc4)c([2H])c([2H])c3c(-c3cccc(-c4ccccc4)c3)c2c1[2H]. The van der Waals surface area contributed by atoms with E-state index >= 15 is 0 Å². The van der Waals surface area contributed by atoms with Gasteiger partial charge in [-0.3, -0.25) is 0 Å². The molecule has 0 bridgehead atoms. The van der Waals surface area contributed by atoms with Gasteiger partial charge in [-0.2, -0.15) is 0 Å². The van der Waals surface area contributed by atoms with Crippen molar-refractivity contribution in [2.45, 2.75) is 0 Å². The molecule has 1 heterocycles. The van der Waals surface area contributed by atoms with Crippen LogP contribution >= 0.6 is 0 Å². The average molecular weight is 630 g/mol. The maximum atomic E-state index is 10.1. The van der Waals surface area contributed by atoms with Crippen molar-refractivity contribution < 1.29 is 14.0 Å². The van der Waals surface area contributed by atoms with Gasteiger partial charge in [-0.1, -0.05) is 158 Å². The Bertz CT molecular complexity index is 3260. The quantitative estimate of drug-likeness (QED) is 0.177. The van der Waals surface area contributed by atoms with Crippen LogP contribution in [-0.2, 0) is 0 Å². The molecule has 0 unspecified atom stereocenters. The van der Waals surface area contributed by atoms with Gasteiger partial charge in [0.05, 0.1) is 9.60 Å². The molecule has 228 valence electrons. The van der Waals surface area contributed by atoms with Crippen molar-refractivity contribution in [2.75, 3.05) is 0 Å². The Kier molecular flexibility index (Phi) is 4.85. The zero-order valence-corrected chi connectivity index (χ0v) is 26.2. The molecule has 0 aliphatic rings. The molecule has 0 spiro atoms. The van der Waals surface area contributed by atoms with Crippen molar-refractivity contribution in [1.82, 2.24) is 0 Å². The molecule has 0 atom stereocenters. The van der Waals surface area contributed by atoms with Gasteiger partial charge >= 0.3 is 0 Å². The Hall–Kier alpha value is -6.44. The second kappa shape index (κ2) is 11.1. The van der Waals surface area contributed by atoms with Gasteiger partial charge < -0.3 is 4.42 Å². The largest absolute Gasteiger partial charge is 0.455 e. The molecular formula is C48H30O. The molecule has 1 aromatic heterocycles. The molecule has 0 radical (unpaired) electrons. The lowest BCUT2D eigenvalue weighted by Crippen LogP contribution is -1.92. The van der Waals surface area contributed by atoms with E-state index in [1.165, 1.54) is 0 Å². The minimum atomic E-state index is -0.406. The number of hydrogen-bond donors (Lipinski definition) is 0. The first-order valence-electron chi connectivity index (χ1n) is 19.8. The van der Waals surface area contributed by atoms with E-state index in [1.54, 1.807) is 0 Å². The van der Waals surface area contributed by atoms with E-state index in [4.69, 9.17) is 7.16 Å². The molecule has 10 rings (SSSR count). The Balaban J connectivity index is 1.48. The molecule has 0 N–H and O–H groups in total. The van der Waals surface area contributed by atoms with Crippen LogP contribution in [0.15, 0.2) is 186 Å². The Morgan fingerprint density at radius 1 is 0.408 bits per heavy atom. The molecule has 0 amide bonds. The topological polar surface area (TPSA) is 13.1 Å². The van der Waals surface area contributed by atoms with Gasteiger partial charge in [-0.15, -0.1) is 0 Å². The Morgan fingerprint density at radius 3 is 1.88 bits per heavy atom. The van der Waals surface area contributed by atoms with E-state index < -0.39 is 12.1 Å². The molecule has 1 heteroatoms. The average Bonchev–Trinajstić information content (AvgIpc) is 3.64. The number of hydrogen-bond acceptors (Lipinski definition) is 1. The molecule has 0 saturated carbocycles. The van der Waals surface area contributed by atoms with Crippen molar-refractivity contribution in [3.05, 3.63) is 182 Å². The summed E-state index contributed by atoms with van der Waals surface area (Å²) in [4.78, 5) is 0. The van der Waals surface area contributed by atoms with Crippen LogP contribution in [0.25, 0.3) is 98.8 Å². The van der Waals surface area contributed by atoms with Gasteiger partial charge in [0.1, 0.15) is 11.2 Å². The fourth-order valence-corrected chi connectivity index (χ4v) is 7.27. The third-order valence-corrected chi connectivity index (χ3v) is 9.48. The summed E-state index contributed by atoms with van der Waals surface area (Å²) in [5.41, 5.74) is 5.94. The van der Waals surface area contributed by atoms with Gasteiger partial charge in [0.2, 0.25) is 0 Å². The van der Waals surface area contributed by atoms with Crippen LogP contribution in [0.5, 0.6) is 0 Å². The number of benzene rings is 9. The fraction of sp³-hybridized carbons (Fsp3) is 0. The lowest BCUT2D eigenvalue weighted by atomic mass is 9.83. The van der Waals surface area contributed by atoms with E-state index in [0.29, 0.717) is 44.4 Å². The molecule has 0 saturated heterocycles. The van der Waals surface area contributed by atoms with E-state index in [1.807, 2.05) is 140 Å². The minimum Gasteiger partial charge on any atom is -0.455 e. The van der Waals surface area contributed by atoms with Crippen LogP contribution < -0.4 is 0 Å². The summed E-state index contributed by atoms with van der Waals surface area (Å²) in [5, 5.41) is 4.53. The molecular weight excluding hydrogens is 593 g/mol. The summed E-state index contributed by atoms with van der Waals surface area (Å²) >= 11 is 0. The van der Waals surface area contributed by atoms with Crippen LogP contribution in [0.2, 0.25) is 0 Å². The second-order valence-corrected chi connectivity index (χ2v) is 12.3. The van der Waals surface area contributed by atoms with Crippen molar-refractivity contribution in [3.63, 3.8) is 0 Å².